The van der Waals surface area contributed by atoms with Gasteiger partial charge in [-0.15, -0.1) is 11.8 Å². The van der Waals surface area contributed by atoms with E-state index in [2.05, 4.69) is 10.3 Å². The van der Waals surface area contributed by atoms with Gasteiger partial charge in [0.05, 0.1) is 15.1 Å². The van der Waals surface area contributed by atoms with E-state index in [-0.39, 0.29) is 11.8 Å². The predicted octanol–water partition coefficient (Wildman–Crippen LogP) is 4.06. The number of sulfonamides is 1. The first kappa shape index (κ1) is 20.3. The number of nitrogens with zero attached hydrogens (tertiary/aromatic N) is 2. The summed E-state index contributed by atoms with van der Waals surface area (Å²) >= 11 is 3.02. The Morgan fingerprint density at radius 2 is 1.83 bits per heavy atom. The zero-order valence-corrected chi connectivity index (χ0v) is 18.3. The molecule has 1 aliphatic rings. The number of amides is 1. The summed E-state index contributed by atoms with van der Waals surface area (Å²) in [5.41, 5.74) is 0.862. The Morgan fingerprint density at radius 3 is 2.48 bits per heavy atom. The number of rotatable bonds is 5. The Labute approximate surface area is 178 Å². The molecule has 0 atom stereocenters. The quantitative estimate of drug-likeness (QED) is 0.597. The van der Waals surface area contributed by atoms with E-state index in [1.165, 1.54) is 15.6 Å². The number of nitrogens with one attached hydrogen (secondary N) is 1. The summed E-state index contributed by atoms with van der Waals surface area (Å²) in [7, 11) is -3.53. The number of fused-ring (bicyclic) bond motifs is 1. The molecule has 0 radical (unpaired) electrons. The van der Waals surface area contributed by atoms with Gasteiger partial charge in [-0.3, -0.25) is 4.79 Å². The van der Waals surface area contributed by atoms with Crippen molar-refractivity contribution in [3.63, 3.8) is 0 Å². The molecular weight excluding hydrogens is 426 g/mol. The summed E-state index contributed by atoms with van der Waals surface area (Å²) in [5.74, 6) is -0.308. The van der Waals surface area contributed by atoms with Gasteiger partial charge in [-0.05, 0) is 55.5 Å². The molecule has 1 amide bonds. The van der Waals surface area contributed by atoms with Crippen molar-refractivity contribution in [2.75, 3.05) is 24.7 Å². The fourth-order valence-electron chi connectivity index (χ4n) is 3.39. The second kappa shape index (κ2) is 8.43. The SMILES string of the molecule is CSc1ccc(S(=O)(=O)N2CCC(C(=O)Nc3nc4ccccc4s3)CC2)cc1. The molecule has 2 aromatic carbocycles. The lowest BCUT2D eigenvalue weighted by Gasteiger charge is -2.30. The van der Waals surface area contributed by atoms with Crippen LogP contribution in [0.3, 0.4) is 0 Å². The molecule has 1 N–H and O–H groups in total. The van der Waals surface area contributed by atoms with Crippen molar-refractivity contribution in [3.8, 4) is 0 Å². The number of benzene rings is 2. The van der Waals surface area contributed by atoms with Crippen LogP contribution in [0.5, 0.6) is 0 Å². The second-order valence-electron chi connectivity index (χ2n) is 6.83. The maximum atomic E-state index is 12.9. The number of para-hydroxylation sites is 1. The van der Waals surface area contributed by atoms with Crippen LogP contribution in [0.2, 0.25) is 0 Å². The highest BCUT2D eigenvalue weighted by Crippen LogP contribution is 2.28. The largest absolute Gasteiger partial charge is 0.302 e. The molecule has 1 fully saturated rings. The zero-order valence-electron chi connectivity index (χ0n) is 15.9. The van der Waals surface area contributed by atoms with Gasteiger partial charge in [0.2, 0.25) is 15.9 Å². The summed E-state index contributed by atoms with van der Waals surface area (Å²) in [4.78, 5) is 18.4. The van der Waals surface area contributed by atoms with E-state index >= 15 is 0 Å². The molecule has 6 nitrogen and oxygen atoms in total. The molecule has 29 heavy (non-hydrogen) atoms. The lowest BCUT2D eigenvalue weighted by molar-refractivity contribution is -0.120. The van der Waals surface area contributed by atoms with Gasteiger partial charge in [-0.2, -0.15) is 4.31 Å². The van der Waals surface area contributed by atoms with Crippen LogP contribution in [0, 0.1) is 5.92 Å². The number of carbonyl (C=O) groups is 1. The van der Waals surface area contributed by atoms with Crippen LogP contribution >= 0.6 is 23.1 Å². The fraction of sp³-hybridized carbons (Fsp3) is 0.300. The van der Waals surface area contributed by atoms with Gasteiger partial charge in [0, 0.05) is 23.9 Å². The molecule has 0 aliphatic carbocycles. The molecule has 152 valence electrons. The third kappa shape index (κ3) is 4.32. The third-order valence-corrected chi connectivity index (χ3v) is 8.65. The summed E-state index contributed by atoms with van der Waals surface area (Å²) in [6.45, 7) is 0.676. The van der Waals surface area contributed by atoms with Crippen molar-refractivity contribution in [2.45, 2.75) is 22.6 Å². The monoisotopic (exact) mass is 447 g/mol. The van der Waals surface area contributed by atoms with Gasteiger partial charge in [0.15, 0.2) is 5.13 Å². The highest BCUT2D eigenvalue weighted by molar-refractivity contribution is 7.98. The van der Waals surface area contributed by atoms with Gasteiger partial charge >= 0.3 is 0 Å². The van der Waals surface area contributed by atoms with Crippen molar-refractivity contribution in [1.82, 2.24) is 9.29 Å². The first-order chi connectivity index (χ1) is 14.0. The Hall–Kier alpha value is -1.94. The van der Waals surface area contributed by atoms with Crippen LogP contribution in [0.25, 0.3) is 10.2 Å². The summed E-state index contributed by atoms with van der Waals surface area (Å²) < 4.78 is 28.2. The normalized spacial score (nSPS) is 16.2. The van der Waals surface area contributed by atoms with Crippen LogP contribution in [-0.4, -0.2) is 43.0 Å². The van der Waals surface area contributed by atoms with E-state index in [1.54, 1.807) is 23.9 Å². The van der Waals surface area contributed by atoms with Gasteiger partial charge in [0.1, 0.15) is 0 Å². The minimum atomic E-state index is -3.53. The number of thioether (sulfide) groups is 1. The van der Waals surface area contributed by atoms with Crippen LogP contribution in [0.4, 0.5) is 5.13 Å². The molecule has 0 spiro atoms. The number of anilines is 1. The summed E-state index contributed by atoms with van der Waals surface area (Å²) in [5, 5.41) is 3.48. The molecule has 4 rings (SSSR count). The lowest BCUT2D eigenvalue weighted by Crippen LogP contribution is -2.41. The Bertz CT molecular complexity index is 1090. The van der Waals surface area contributed by atoms with Gasteiger partial charge in [0.25, 0.3) is 0 Å². The van der Waals surface area contributed by atoms with E-state index < -0.39 is 10.0 Å². The van der Waals surface area contributed by atoms with Crippen molar-refractivity contribution >= 4 is 54.4 Å². The standard InChI is InChI=1S/C20H21N3O3S3/c1-27-15-6-8-16(9-7-15)29(25,26)23-12-10-14(11-13-23)19(24)22-20-21-17-4-2-3-5-18(17)28-20/h2-9,14H,10-13H2,1H3,(H,21,22,24). The fourth-order valence-corrected chi connectivity index (χ4v) is 6.13. The Morgan fingerprint density at radius 1 is 1.14 bits per heavy atom. The minimum Gasteiger partial charge on any atom is -0.302 e. The second-order valence-corrected chi connectivity index (χ2v) is 10.7. The summed E-state index contributed by atoms with van der Waals surface area (Å²) in [6, 6.07) is 14.7. The third-order valence-electron chi connectivity index (χ3n) is 5.05. The molecule has 9 heteroatoms. The van der Waals surface area contributed by atoms with Gasteiger partial charge in [-0.1, -0.05) is 23.5 Å². The van der Waals surface area contributed by atoms with E-state index in [0.29, 0.717) is 36.0 Å². The van der Waals surface area contributed by atoms with Gasteiger partial charge in [-0.25, -0.2) is 13.4 Å². The Kier molecular flexibility index (Phi) is 5.91. The number of aromatic nitrogens is 1. The van der Waals surface area contributed by atoms with Crippen LogP contribution < -0.4 is 5.32 Å². The molecule has 1 aliphatic heterocycles. The number of hydrogen-bond acceptors (Lipinski definition) is 6. The minimum absolute atomic E-state index is 0.0922. The lowest BCUT2D eigenvalue weighted by atomic mass is 9.97. The van der Waals surface area contributed by atoms with E-state index in [0.717, 1.165) is 15.1 Å². The van der Waals surface area contributed by atoms with Crippen LogP contribution in [0.1, 0.15) is 12.8 Å². The van der Waals surface area contributed by atoms with Crippen molar-refractivity contribution in [3.05, 3.63) is 48.5 Å². The van der Waals surface area contributed by atoms with E-state index in [9.17, 15) is 13.2 Å². The predicted molar refractivity (Wildman–Crippen MR) is 118 cm³/mol. The van der Waals surface area contributed by atoms with Crippen molar-refractivity contribution < 1.29 is 13.2 Å². The highest BCUT2D eigenvalue weighted by atomic mass is 32.2. The highest BCUT2D eigenvalue weighted by Gasteiger charge is 2.32. The molecule has 1 aromatic heterocycles. The number of thiazole rings is 1. The average Bonchev–Trinajstić information content (AvgIpc) is 3.16. The number of carbonyl (C=O) groups excluding carboxylic acids is 1. The molecule has 0 saturated carbocycles. The van der Waals surface area contributed by atoms with E-state index in [4.69, 9.17) is 0 Å². The molecule has 0 unspecified atom stereocenters. The maximum Gasteiger partial charge on any atom is 0.243 e. The van der Waals surface area contributed by atoms with Crippen molar-refractivity contribution in [2.24, 2.45) is 5.92 Å². The molecule has 2 heterocycles. The topological polar surface area (TPSA) is 79.4 Å². The van der Waals surface area contributed by atoms with Gasteiger partial charge < -0.3 is 5.32 Å². The average molecular weight is 448 g/mol. The smallest absolute Gasteiger partial charge is 0.243 e. The first-order valence-electron chi connectivity index (χ1n) is 9.28. The van der Waals surface area contributed by atoms with E-state index in [1.807, 2.05) is 42.7 Å². The first-order valence-corrected chi connectivity index (χ1v) is 12.8. The maximum absolute atomic E-state index is 12.9. The molecule has 1 saturated heterocycles. The number of piperidine rings is 1. The zero-order chi connectivity index (χ0) is 20.4. The van der Waals surface area contributed by atoms with Crippen LogP contribution in [-0.2, 0) is 14.8 Å². The van der Waals surface area contributed by atoms with Crippen molar-refractivity contribution in [1.29, 1.82) is 0 Å². The van der Waals surface area contributed by atoms with Crippen LogP contribution in [0.15, 0.2) is 58.3 Å². The molecular formula is C20H21N3O3S3. The molecule has 0 bridgehead atoms. The number of hydrogen-bond donors (Lipinski definition) is 1. The Balaban J connectivity index is 1.38. The molecule has 3 aromatic rings. The summed E-state index contributed by atoms with van der Waals surface area (Å²) in [6.07, 6.45) is 2.95.